The lowest BCUT2D eigenvalue weighted by atomic mass is 9.88. The van der Waals surface area contributed by atoms with E-state index in [2.05, 4.69) is 4.98 Å². The van der Waals surface area contributed by atoms with Crippen molar-refractivity contribution in [2.45, 2.75) is 12.8 Å². The van der Waals surface area contributed by atoms with Crippen LogP contribution >= 0.6 is 0 Å². The lowest BCUT2D eigenvalue weighted by molar-refractivity contribution is 0.112. The van der Waals surface area contributed by atoms with Crippen molar-refractivity contribution in [2.24, 2.45) is 11.8 Å². The zero-order chi connectivity index (χ0) is 13.7. The monoisotopic (exact) mass is 285 g/mol. The third-order valence-electron chi connectivity index (χ3n) is 3.60. The van der Waals surface area contributed by atoms with Gasteiger partial charge in [-0.05, 0) is 30.9 Å². The summed E-state index contributed by atoms with van der Waals surface area (Å²) in [6.45, 7) is 0.415. The maximum atomic E-state index is 11.4. The summed E-state index contributed by atoms with van der Waals surface area (Å²) in [6, 6.07) is 3.60. The van der Waals surface area contributed by atoms with Crippen molar-refractivity contribution in [1.82, 2.24) is 4.98 Å². The smallest absolute Gasteiger partial charge is 0.150 e. The van der Waals surface area contributed by atoms with Crippen LogP contribution in [-0.4, -0.2) is 43.2 Å². The Hall–Kier alpha value is -1.14. The largest absolute Gasteiger partial charge is 0.492 e. The summed E-state index contributed by atoms with van der Waals surface area (Å²) in [5, 5.41) is 9.44. The third-order valence-corrected chi connectivity index (χ3v) is 5.31. The van der Waals surface area contributed by atoms with Crippen LogP contribution in [0, 0.1) is 11.8 Å². The Balaban J connectivity index is 1.87. The highest BCUT2D eigenvalue weighted by atomic mass is 32.2. The number of sulfone groups is 1. The minimum absolute atomic E-state index is 0.0179. The van der Waals surface area contributed by atoms with Gasteiger partial charge in [-0.15, -0.1) is 0 Å². The number of aliphatic hydroxyl groups excluding tert-OH is 1. The zero-order valence-electron chi connectivity index (χ0n) is 10.7. The highest BCUT2D eigenvalue weighted by Crippen LogP contribution is 2.26. The molecule has 0 aliphatic carbocycles. The zero-order valence-corrected chi connectivity index (χ0v) is 11.6. The van der Waals surface area contributed by atoms with Crippen molar-refractivity contribution in [3.05, 3.63) is 24.5 Å². The molecule has 1 aromatic heterocycles. The van der Waals surface area contributed by atoms with Crippen molar-refractivity contribution in [2.75, 3.05) is 24.7 Å². The standard InChI is InChI=1S/C13H19NO4S/c15-9-12(10-18-13-2-1-5-14-8-13)11-3-6-19(16,17)7-4-11/h1-2,5,8,11-12,15H,3-4,6-7,9-10H2. The number of hydrogen-bond donors (Lipinski definition) is 1. The van der Waals surface area contributed by atoms with Crippen LogP contribution in [0.5, 0.6) is 5.75 Å². The Bertz CT molecular complexity index is 475. The minimum atomic E-state index is -2.86. The molecule has 0 saturated carbocycles. The van der Waals surface area contributed by atoms with Crippen molar-refractivity contribution >= 4 is 9.84 Å². The normalized spacial score (nSPS) is 20.9. The predicted molar refractivity (Wildman–Crippen MR) is 71.7 cm³/mol. The van der Waals surface area contributed by atoms with Gasteiger partial charge >= 0.3 is 0 Å². The molecule has 2 heterocycles. The molecule has 6 heteroatoms. The van der Waals surface area contributed by atoms with Crippen LogP contribution in [-0.2, 0) is 9.84 Å². The van der Waals surface area contributed by atoms with E-state index in [0.29, 0.717) is 25.2 Å². The van der Waals surface area contributed by atoms with E-state index < -0.39 is 9.84 Å². The Morgan fingerprint density at radius 3 is 2.74 bits per heavy atom. The average Bonchev–Trinajstić information content (AvgIpc) is 2.42. The van der Waals surface area contributed by atoms with Gasteiger partial charge in [-0.25, -0.2) is 8.42 Å². The molecule has 1 aromatic rings. The van der Waals surface area contributed by atoms with Gasteiger partial charge in [0.05, 0.1) is 24.3 Å². The fraction of sp³-hybridized carbons (Fsp3) is 0.615. The second-order valence-electron chi connectivity index (χ2n) is 4.93. The van der Waals surface area contributed by atoms with E-state index in [1.54, 1.807) is 18.5 Å². The van der Waals surface area contributed by atoms with Crippen LogP contribution in [0.25, 0.3) is 0 Å². The maximum absolute atomic E-state index is 11.4. The van der Waals surface area contributed by atoms with E-state index >= 15 is 0 Å². The van der Waals surface area contributed by atoms with E-state index in [-0.39, 0.29) is 29.9 Å². The fourth-order valence-electron chi connectivity index (χ4n) is 2.35. The first kappa shape index (κ1) is 14.3. The van der Waals surface area contributed by atoms with E-state index in [9.17, 15) is 13.5 Å². The molecule has 0 amide bonds. The Kier molecular flexibility index (Phi) is 4.76. The molecule has 106 valence electrons. The van der Waals surface area contributed by atoms with Crippen molar-refractivity contribution < 1.29 is 18.3 Å². The molecule has 5 nitrogen and oxygen atoms in total. The maximum Gasteiger partial charge on any atom is 0.150 e. The van der Waals surface area contributed by atoms with Gasteiger partial charge in [-0.3, -0.25) is 4.98 Å². The van der Waals surface area contributed by atoms with Crippen molar-refractivity contribution in [3.63, 3.8) is 0 Å². The summed E-state index contributed by atoms with van der Waals surface area (Å²) in [5.41, 5.74) is 0. The van der Waals surface area contributed by atoms with E-state index in [1.807, 2.05) is 6.07 Å². The quantitative estimate of drug-likeness (QED) is 0.869. The first-order valence-corrected chi connectivity index (χ1v) is 8.27. The summed E-state index contributed by atoms with van der Waals surface area (Å²) < 4.78 is 28.4. The molecule has 1 fully saturated rings. The summed E-state index contributed by atoms with van der Waals surface area (Å²) in [7, 11) is -2.86. The van der Waals surface area contributed by atoms with Crippen LogP contribution < -0.4 is 4.74 Å². The van der Waals surface area contributed by atoms with Crippen LogP contribution in [0.15, 0.2) is 24.5 Å². The second-order valence-corrected chi connectivity index (χ2v) is 7.24. The molecule has 0 aromatic carbocycles. The van der Waals surface area contributed by atoms with Crippen molar-refractivity contribution in [1.29, 1.82) is 0 Å². The van der Waals surface area contributed by atoms with Crippen LogP contribution in [0.3, 0.4) is 0 Å². The molecule has 0 radical (unpaired) electrons. The van der Waals surface area contributed by atoms with Gasteiger partial charge in [-0.2, -0.15) is 0 Å². The molecule has 1 saturated heterocycles. The Morgan fingerprint density at radius 2 is 2.16 bits per heavy atom. The number of aromatic nitrogens is 1. The number of aliphatic hydroxyl groups is 1. The molecule has 0 spiro atoms. The van der Waals surface area contributed by atoms with E-state index in [1.165, 1.54) is 0 Å². The van der Waals surface area contributed by atoms with Gasteiger partial charge in [0, 0.05) is 18.7 Å². The Morgan fingerprint density at radius 1 is 1.42 bits per heavy atom. The molecular weight excluding hydrogens is 266 g/mol. The van der Waals surface area contributed by atoms with Gasteiger partial charge < -0.3 is 9.84 Å². The SMILES string of the molecule is O=S1(=O)CCC(C(CO)COc2cccnc2)CC1. The molecule has 0 bridgehead atoms. The Labute approximate surface area is 113 Å². The van der Waals surface area contributed by atoms with Crippen LogP contribution in [0.4, 0.5) is 0 Å². The number of pyridine rings is 1. The third kappa shape index (κ3) is 4.18. The van der Waals surface area contributed by atoms with E-state index in [0.717, 1.165) is 0 Å². The van der Waals surface area contributed by atoms with Gasteiger partial charge in [0.15, 0.2) is 0 Å². The highest BCUT2D eigenvalue weighted by molar-refractivity contribution is 7.91. The highest BCUT2D eigenvalue weighted by Gasteiger charge is 2.29. The summed E-state index contributed by atoms with van der Waals surface area (Å²) in [4.78, 5) is 3.95. The number of ether oxygens (including phenoxy) is 1. The minimum Gasteiger partial charge on any atom is -0.492 e. The molecular formula is C13H19NO4S. The molecule has 1 N–H and O–H groups in total. The summed E-state index contributed by atoms with van der Waals surface area (Å²) in [6.07, 6.45) is 4.52. The van der Waals surface area contributed by atoms with Gasteiger partial charge in [-0.1, -0.05) is 0 Å². The van der Waals surface area contributed by atoms with Gasteiger partial charge in [0.1, 0.15) is 15.6 Å². The van der Waals surface area contributed by atoms with Gasteiger partial charge in [0.25, 0.3) is 0 Å². The first-order chi connectivity index (χ1) is 9.11. The average molecular weight is 285 g/mol. The second kappa shape index (κ2) is 6.34. The molecule has 1 unspecified atom stereocenters. The van der Waals surface area contributed by atoms with E-state index in [4.69, 9.17) is 4.74 Å². The molecule has 1 aliphatic heterocycles. The van der Waals surface area contributed by atoms with Gasteiger partial charge in [0.2, 0.25) is 0 Å². The fourth-order valence-corrected chi connectivity index (χ4v) is 3.88. The number of hydrogen-bond acceptors (Lipinski definition) is 5. The van der Waals surface area contributed by atoms with Crippen LogP contribution in [0.2, 0.25) is 0 Å². The molecule has 2 rings (SSSR count). The topological polar surface area (TPSA) is 76.5 Å². The first-order valence-electron chi connectivity index (χ1n) is 6.45. The molecule has 1 aliphatic rings. The van der Waals surface area contributed by atoms with Crippen LogP contribution in [0.1, 0.15) is 12.8 Å². The molecule has 19 heavy (non-hydrogen) atoms. The molecule has 1 atom stereocenters. The van der Waals surface area contributed by atoms with Crippen molar-refractivity contribution in [3.8, 4) is 5.75 Å². The lowest BCUT2D eigenvalue weighted by Crippen LogP contribution is -2.32. The predicted octanol–water partition coefficient (Wildman–Crippen LogP) is 0.894. The summed E-state index contributed by atoms with van der Waals surface area (Å²) in [5.74, 6) is 1.31. The number of nitrogens with zero attached hydrogens (tertiary/aromatic N) is 1. The lowest BCUT2D eigenvalue weighted by Gasteiger charge is -2.28. The number of rotatable bonds is 5. The summed E-state index contributed by atoms with van der Waals surface area (Å²) >= 11 is 0.